The highest BCUT2D eigenvalue weighted by Crippen LogP contribution is 2.34. The van der Waals surface area contributed by atoms with Crippen LogP contribution < -0.4 is 4.74 Å². The maximum absolute atomic E-state index is 13.5. The first kappa shape index (κ1) is 15.5. The maximum Gasteiger partial charge on any atom is 0.137 e. The summed E-state index contributed by atoms with van der Waals surface area (Å²) in [5.74, 6) is 0.313. The third kappa shape index (κ3) is 3.22. The van der Waals surface area contributed by atoms with E-state index in [2.05, 4.69) is 31.9 Å². The van der Waals surface area contributed by atoms with E-state index < -0.39 is 11.9 Å². The maximum atomic E-state index is 13.5. The molecule has 1 atom stereocenters. The van der Waals surface area contributed by atoms with E-state index >= 15 is 0 Å². The molecule has 0 aliphatic rings. The fraction of sp³-hybridized carbons (Fsp3) is 0.200. The molecule has 0 spiro atoms. The van der Waals surface area contributed by atoms with Crippen molar-refractivity contribution in [2.75, 3.05) is 6.61 Å². The number of aliphatic hydroxyl groups is 1. The molecule has 0 aromatic heterocycles. The fourth-order valence-electron chi connectivity index (χ4n) is 1.87. The number of hydrogen-bond donors (Lipinski definition) is 1. The van der Waals surface area contributed by atoms with Crippen molar-refractivity contribution in [2.45, 2.75) is 13.0 Å². The predicted molar refractivity (Wildman–Crippen MR) is 83.5 cm³/mol. The van der Waals surface area contributed by atoms with E-state index in [0.29, 0.717) is 23.5 Å². The second kappa shape index (κ2) is 6.70. The first-order chi connectivity index (χ1) is 9.54. The molecule has 0 aliphatic carbocycles. The lowest BCUT2D eigenvalue weighted by Gasteiger charge is -2.15. The molecule has 20 heavy (non-hydrogen) atoms. The molecule has 2 nitrogen and oxygen atoms in total. The monoisotopic (exact) mass is 402 g/mol. The van der Waals surface area contributed by atoms with Gasteiger partial charge in [-0.25, -0.2) is 4.39 Å². The predicted octanol–water partition coefficient (Wildman–Crippen LogP) is 4.83. The van der Waals surface area contributed by atoms with Crippen LogP contribution in [0.2, 0.25) is 0 Å². The van der Waals surface area contributed by atoms with Gasteiger partial charge in [-0.3, -0.25) is 0 Å². The van der Waals surface area contributed by atoms with Crippen molar-refractivity contribution in [1.82, 2.24) is 0 Å². The molecule has 0 radical (unpaired) electrons. The molecule has 0 amide bonds. The van der Waals surface area contributed by atoms with Gasteiger partial charge in [0.2, 0.25) is 0 Å². The molecular formula is C15H13Br2FO2. The first-order valence-electron chi connectivity index (χ1n) is 6.08. The largest absolute Gasteiger partial charge is 0.493 e. The number of halogens is 3. The summed E-state index contributed by atoms with van der Waals surface area (Å²) in [6.07, 6.45) is -0.910. The van der Waals surface area contributed by atoms with Crippen molar-refractivity contribution in [3.8, 4) is 5.75 Å². The van der Waals surface area contributed by atoms with Gasteiger partial charge in [0.15, 0.2) is 0 Å². The standard InChI is InChI=1S/C15H13Br2FO2/c1-2-20-13-7-6-9(8-11(13)16)15(19)10-4-3-5-12(18)14(10)17/h3-8,15,19H,2H2,1H3. The fourth-order valence-corrected chi connectivity index (χ4v) is 2.86. The third-order valence-corrected chi connectivity index (χ3v) is 4.30. The highest BCUT2D eigenvalue weighted by atomic mass is 79.9. The highest BCUT2D eigenvalue weighted by Gasteiger charge is 2.17. The molecular weight excluding hydrogens is 391 g/mol. The van der Waals surface area contributed by atoms with Crippen LogP contribution in [0.15, 0.2) is 45.3 Å². The van der Waals surface area contributed by atoms with Crippen molar-refractivity contribution in [1.29, 1.82) is 0 Å². The lowest BCUT2D eigenvalue weighted by atomic mass is 10.0. The number of ether oxygens (including phenoxy) is 1. The minimum Gasteiger partial charge on any atom is -0.493 e. The van der Waals surface area contributed by atoms with E-state index in [4.69, 9.17) is 4.74 Å². The molecule has 1 unspecified atom stereocenters. The quantitative estimate of drug-likeness (QED) is 0.791. The lowest BCUT2D eigenvalue weighted by Crippen LogP contribution is -2.02. The Bertz CT molecular complexity index is 617. The lowest BCUT2D eigenvalue weighted by molar-refractivity contribution is 0.218. The summed E-state index contributed by atoms with van der Waals surface area (Å²) < 4.78 is 20.0. The highest BCUT2D eigenvalue weighted by molar-refractivity contribution is 9.10. The smallest absolute Gasteiger partial charge is 0.137 e. The summed E-state index contributed by atoms with van der Waals surface area (Å²) in [6.45, 7) is 2.47. The molecule has 106 valence electrons. The molecule has 0 aliphatic heterocycles. The van der Waals surface area contributed by atoms with E-state index in [9.17, 15) is 9.50 Å². The van der Waals surface area contributed by atoms with Crippen LogP contribution in [0, 0.1) is 5.82 Å². The zero-order valence-corrected chi connectivity index (χ0v) is 13.9. The molecule has 0 heterocycles. The minimum absolute atomic E-state index is 0.275. The number of aliphatic hydroxyl groups excluding tert-OH is 1. The molecule has 2 aromatic carbocycles. The Labute approximate surface area is 133 Å². The van der Waals surface area contributed by atoms with Crippen LogP contribution in [0.5, 0.6) is 5.75 Å². The van der Waals surface area contributed by atoms with Gasteiger partial charge in [0.1, 0.15) is 17.7 Å². The summed E-state index contributed by atoms with van der Waals surface area (Å²) in [7, 11) is 0. The van der Waals surface area contributed by atoms with Gasteiger partial charge in [-0.05, 0) is 62.5 Å². The van der Waals surface area contributed by atoms with Gasteiger partial charge in [-0.1, -0.05) is 18.2 Å². The van der Waals surface area contributed by atoms with Crippen molar-refractivity contribution in [3.05, 3.63) is 62.3 Å². The van der Waals surface area contributed by atoms with E-state index in [0.717, 1.165) is 4.47 Å². The molecule has 0 bridgehead atoms. The van der Waals surface area contributed by atoms with Gasteiger partial charge in [-0.2, -0.15) is 0 Å². The Morgan fingerprint density at radius 2 is 2.00 bits per heavy atom. The Morgan fingerprint density at radius 3 is 2.65 bits per heavy atom. The van der Waals surface area contributed by atoms with Crippen molar-refractivity contribution in [3.63, 3.8) is 0 Å². The van der Waals surface area contributed by atoms with Gasteiger partial charge in [0.25, 0.3) is 0 Å². The summed E-state index contributed by atoms with van der Waals surface area (Å²) in [5.41, 5.74) is 1.15. The third-order valence-electron chi connectivity index (χ3n) is 2.85. The van der Waals surface area contributed by atoms with Gasteiger partial charge >= 0.3 is 0 Å². The minimum atomic E-state index is -0.910. The molecule has 0 saturated carbocycles. The van der Waals surface area contributed by atoms with E-state index in [1.807, 2.05) is 6.92 Å². The van der Waals surface area contributed by atoms with Crippen LogP contribution in [0.3, 0.4) is 0 Å². The van der Waals surface area contributed by atoms with E-state index in [-0.39, 0.29) is 4.47 Å². The Hall–Kier alpha value is -0.910. The van der Waals surface area contributed by atoms with E-state index in [1.54, 1.807) is 30.3 Å². The first-order valence-corrected chi connectivity index (χ1v) is 7.67. The number of hydrogen-bond acceptors (Lipinski definition) is 2. The van der Waals surface area contributed by atoms with Crippen molar-refractivity contribution >= 4 is 31.9 Å². The average molecular weight is 404 g/mol. The summed E-state index contributed by atoms with van der Waals surface area (Å²) in [6, 6.07) is 9.91. The Morgan fingerprint density at radius 1 is 1.25 bits per heavy atom. The van der Waals surface area contributed by atoms with Crippen LogP contribution in [0.1, 0.15) is 24.2 Å². The summed E-state index contributed by atoms with van der Waals surface area (Å²) in [5, 5.41) is 10.4. The molecule has 2 aromatic rings. The van der Waals surface area contributed by atoms with Gasteiger partial charge < -0.3 is 9.84 Å². The van der Waals surface area contributed by atoms with E-state index in [1.165, 1.54) is 6.07 Å². The Kier molecular flexibility index (Phi) is 5.18. The number of benzene rings is 2. The normalized spacial score (nSPS) is 12.2. The zero-order valence-electron chi connectivity index (χ0n) is 10.7. The van der Waals surface area contributed by atoms with Gasteiger partial charge in [0, 0.05) is 5.56 Å². The molecule has 2 rings (SSSR count). The topological polar surface area (TPSA) is 29.5 Å². The molecule has 0 saturated heterocycles. The van der Waals surface area contributed by atoms with Gasteiger partial charge in [-0.15, -0.1) is 0 Å². The Balaban J connectivity index is 2.36. The molecule has 1 N–H and O–H groups in total. The van der Waals surface area contributed by atoms with Crippen LogP contribution in [-0.4, -0.2) is 11.7 Å². The summed E-state index contributed by atoms with van der Waals surface area (Å²) >= 11 is 6.56. The van der Waals surface area contributed by atoms with Crippen LogP contribution in [0.4, 0.5) is 4.39 Å². The van der Waals surface area contributed by atoms with Crippen molar-refractivity contribution in [2.24, 2.45) is 0 Å². The van der Waals surface area contributed by atoms with Crippen LogP contribution >= 0.6 is 31.9 Å². The molecule has 0 fully saturated rings. The number of rotatable bonds is 4. The zero-order chi connectivity index (χ0) is 14.7. The van der Waals surface area contributed by atoms with Crippen molar-refractivity contribution < 1.29 is 14.2 Å². The van der Waals surface area contributed by atoms with Crippen LogP contribution in [0.25, 0.3) is 0 Å². The second-order valence-electron chi connectivity index (χ2n) is 4.17. The average Bonchev–Trinajstić information content (AvgIpc) is 2.43. The summed E-state index contributed by atoms with van der Waals surface area (Å²) in [4.78, 5) is 0. The van der Waals surface area contributed by atoms with Gasteiger partial charge in [0.05, 0.1) is 15.6 Å². The molecule has 5 heteroatoms. The second-order valence-corrected chi connectivity index (χ2v) is 5.82. The SMILES string of the molecule is CCOc1ccc(C(O)c2cccc(F)c2Br)cc1Br. The van der Waals surface area contributed by atoms with Crippen LogP contribution in [-0.2, 0) is 0 Å².